The van der Waals surface area contributed by atoms with Gasteiger partial charge in [-0.15, -0.1) is 24.0 Å². The van der Waals surface area contributed by atoms with Gasteiger partial charge in [-0.2, -0.15) is 0 Å². The number of aromatic nitrogens is 2. The molecule has 9 heteroatoms. The lowest BCUT2D eigenvalue weighted by molar-refractivity contribution is -0.130. The first-order valence-corrected chi connectivity index (χ1v) is 10.6. The monoisotopic (exact) mass is 539 g/mol. The molecular weight excluding hydrogens is 505 g/mol. The molecule has 1 amide bonds. The van der Waals surface area contributed by atoms with Gasteiger partial charge < -0.3 is 20.1 Å². The molecule has 0 aliphatic carbocycles. The number of aromatic amines is 1. The van der Waals surface area contributed by atoms with E-state index in [4.69, 9.17) is 4.99 Å². The first-order valence-electron chi connectivity index (χ1n) is 10.6. The van der Waals surface area contributed by atoms with Crippen molar-refractivity contribution in [3.05, 3.63) is 42.4 Å². The van der Waals surface area contributed by atoms with Crippen LogP contribution in [-0.4, -0.2) is 89.4 Å². The van der Waals surface area contributed by atoms with E-state index in [1.165, 1.54) is 0 Å². The zero-order valence-electron chi connectivity index (χ0n) is 18.7. The van der Waals surface area contributed by atoms with Crippen LogP contribution in [0.25, 0.3) is 11.3 Å². The number of H-pyrrole nitrogens is 1. The zero-order valence-corrected chi connectivity index (χ0v) is 21.0. The van der Waals surface area contributed by atoms with Crippen molar-refractivity contribution in [1.82, 2.24) is 30.0 Å². The fourth-order valence-corrected chi connectivity index (χ4v) is 3.56. The molecule has 2 heterocycles. The minimum atomic E-state index is 0. The number of hydrogen-bond acceptors (Lipinski definition) is 4. The molecule has 0 unspecified atom stereocenters. The van der Waals surface area contributed by atoms with E-state index in [1.54, 1.807) is 6.92 Å². The van der Waals surface area contributed by atoms with Gasteiger partial charge in [0.25, 0.3) is 0 Å². The summed E-state index contributed by atoms with van der Waals surface area (Å²) >= 11 is 0. The highest BCUT2D eigenvalue weighted by molar-refractivity contribution is 14.0. The number of benzene rings is 1. The maximum atomic E-state index is 11.5. The van der Waals surface area contributed by atoms with Crippen LogP contribution >= 0.6 is 24.0 Å². The van der Waals surface area contributed by atoms with Crippen molar-refractivity contribution < 1.29 is 4.79 Å². The number of carbonyl (C=O) groups is 1. The molecule has 1 aliphatic heterocycles. The largest absolute Gasteiger partial charge is 0.357 e. The molecule has 170 valence electrons. The zero-order chi connectivity index (χ0) is 21.3. The van der Waals surface area contributed by atoms with E-state index >= 15 is 0 Å². The molecule has 0 atom stereocenters. The van der Waals surface area contributed by atoms with E-state index < -0.39 is 0 Å². The first-order chi connectivity index (χ1) is 14.6. The maximum Gasteiger partial charge on any atom is 0.219 e. The van der Waals surface area contributed by atoms with Crippen molar-refractivity contribution >= 4 is 35.8 Å². The Hall–Kier alpha value is -2.14. The van der Waals surface area contributed by atoms with E-state index in [9.17, 15) is 4.79 Å². The summed E-state index contributed by atoms with van der Waals surface area (Å²) in [4.78, 5) is 30.5. The van der Waals surface area contributed by atoms with Crippen molar-refractivity contribution in [2.45, 2.75) is 20.4 Å². The number of imidazole rings is 1. The van der Waals surface area contributed by atoms with Crippen LogP contribution in [0, 0.1) is 0 Å². The molecule has 0 saturated carbocycles. The number of piperazine rings is 1. The highest BCUT2D eigenvalue weighted by Crippen LogP contribution is 2.16. The second-order valence-corrected chi connectivity index (χ2v) is 7.55. The Morgan fingerprint density at radius 3 is 2.58 bits per heavy atom. The van der Waals surface area contributed by atoms with Gasteiger partial charge in [-0.3, -0.25) is 14.7 Å². The minimum Gasteiger partial charge on any atom is -0.357 e. The number of halogens is 1. The highest BCUT2D eigenvalue weighted by atomic mass is 127. The van der Waals surface area contributed by atoms with E-state index in [0.717, 1.165) is 68.9 Å². The predicted octanol–water partition coefficient (Wildman–Crippen LogP) is 2.26. The predicted molar refractivity (Wildman–Crippen MR) is 136 cm³/mol. The van der Waals surface area contributed by atoms with Crippen molar-refractivity contribution in [2.75, 3.05) is 52.9 Å². The quantitative estimate of drug-likeness (QED) is 0.321. The average Bonchev–Trinajstić information content (AvgIpc) is 3.22. The summed E-state index contributed by atoms with van der Waals surface area (Å²) in [7, 11) is 2.03. The van der Waals surface area contributed by atoms with Crippen LogP contribution in [-0.2, 0) is 11.3 Å². The standard InChI is InChI=1S/C22H33N7O.HI/c1-4-23-22(24-10-11-28-12-14-29(15-13-28)18(2)30)27(3)17-21-25-16-20(26-21)19-8-6-5-7-9-19;/h5-9,16H,4,10-15,17H2,1-3H3,(H,23,24)(H,25,26);1H. The van der Waals surface area contributed by atoms with Crippen LogP contribution < -0.4 is 5.32 Å². The summed E-state index contributed by atoms with van der Waals surface area (Å²) in [6.07, 6.45) is 1.88. The van der Waals surface area contributed by atoms with Crippen LogP contribution in [0.5, 0.6) is 0 Å². The molecule has 1 saturated heterocycles. The fraction of sp³-hybridized carbons (Fsp3) is 0.500. The van der Waals surface area contributed by atoms with Crippen molar-refractivity contribution in [2.24, 2.45) is 4.99 Å². The topological polar surface area (TPSA) is 79.9 Å². The number of carbonyl (C=O) groups excluding carboxylic acids is 1. The molecule has 0 bridgehead atoms. The fourth-order valence-electron chi connectivity index (χ4n) is 3.56. The summed E-state index contributed by atoms with van der Waals surface area (Å²) in [5.41, 5.74) is 2.15. The van der Waals surface area contributed by atoms with E-state index in [0.29, 0.717) is 6.54 Å². The molecule has 2 N–H and O–H groups in total. The second kappa shape index (κ2) is 12.7. The van der Waals surface area contributed by atoms with Gasteiger partial charge in [0.15, 0.2) is 5.96 Å². The minimum absolute atomic E-state index is 0. The Bertz CT molecular complexity index is 831. The second-order valence-electron chi connectivity index (χ2n) is 7.55. The Kier molecular flexibility index (Phi) is 10.3. The molecular formula is C22H34IN7O. The number of nitrogens with one attached hydrogen (secondary N) is 2. The Balaban J connectivity index is 0.00000341. The lowest BCUT2D eigenvalue weighted by Crippen LogP contribution is -2.48. The molecule has 1 aromatic heterocycles. The molecule has 3 rings (SSSR count). The summed E-state index contributed by atoms with van der Waals surface area (Å²) in [6.45, 7) is 10.2. The lowest BCUT2D eigenvalue weighted by Gasteiger charge is -2.33. The molecule has 1 aromatic carbocycles. The lowest BCUT2D eigenvalue weighted by atomic mass is 10.2. The molecule has 1 fully saturated rings. The van der Waals surface area contributed by atoms with Gasteiger partial charge in [0.1, 0.15) is 5.82 Å². The molecule has 1 aliphatic rings. The SMILES string of the molecule is CCNC(=NCCN1CCN(C(C)=O)CC1)N(C)Cc1ncc(-c2ccccc2)[nH]1.I. The van der Waals surface area contributed by atoms with Gasteiger partial charge in [0.2, 0.25) is 5.91 Å². The van der Waals surface area contributed by atoms with Gasteiger partial charge in [-0.25, -0.2) is 4.98 Å². The smallest absolute Gasteiger partial charge is 0.219 e. The number of hydrogen-bond donors (Lipinski definition) is 2. The normalized spacial score (nSPS) is 14.8. The van der Waals surface area contributed by atoms with Crippen molar-refractivity contribution in [1.29, 1.82) is 0 Å². The number of guanidine groups is 1. The Morgan fingerprint density at radius 1 is 1.23 bits per heavy atom. The third-order valence-corrected chi connectivity index (χ3v) is 5.29. The molecule has 0 spiro atoms. The average molecular weight is 539 g/mol. The number of aliphatic imine (C=N–C) groups is 1. The number of amides is 1. The van der Waals surface area contributed by atoms with Crippen LogP contribution in [0.3, 0.4) is 0 Å². The number of nitrogens with zero attached hydrogens (tertiary/aromatic N) is 5. The van der Waals surface area contributed by atoms with Crippen LogP contribution in [0.4, 0.5) is 0 Å². The van der Waals surface area contributed by atoms with E-state index in [-0.39, 0.29) is 29.9 Å². The maximum absolute atomic E-state index is 11.5. The summed E-state index contributed by atoms with van der Waals surface area (Å²) in [5.74, 6) is 1.94. The van der Waals surface area contributed by atoms with Crippen molar-refractivity contribution in [3.63, 3.8) is 0 Å². The van der Waals surface area contributed by atoms with Crippen molar-refractivity contribution in [3.8, 4) is 11.3 Å². The molecule has 0 radical (unpaired) electrons. The van der Waals surface area contributed by atoms with Crippen LogP contribution in [0.15, 0.2) is 41.5 Å². The van der Waals surface area contributed by atoms with Gasteiger partial charge in [-0.1, -0.05) is 30.3 Å². The van der Waals surface area contributed by atoms with E-state index in [1.807, 2.05) is 36.3 Å². The highest BCUT2D eigenvalue weighted by Gasteiger charge is 2.18. The first kappa shape index (κ1) is 25.1. The molecule has 31 heavy (non-hydrogen) atoms. The number of rotatable bonds is 7. The molecule has 8 nitrogen and oxygen atoms in total. The third kappa shape index (κ3) is 7.49. The van der Waals surface area contributed by atoms with Crippen LogP contribution in [0.1, 0.15) is 19.7 Å². The van der Waals surface area contributed by atoms with Gasteiger partial charge in [0, 0.05) is 53.2 Å². The van der Waals surface area contributed by atoms with Gasteiger partial charge in [0.05, 0.1) is 25.0 Å². The third-order valence-electron chi connectivity index (χ3n) is 5.29. The van der Waals surface area contributed by atoms with Gasteiger partial charge >= 0.3 is 0 Å². The summed E-state index contributed by atoms with van der Waals surface area (Å²) in [6, 6.07) is 10.2. The summed E-state index contributed by atoms with van der Waals surface area (Å²) < 4.78 is 0. The molecule has 2 aromatic rings. The Morgan fingerprint density at radius 2 is 1.94 bits per heavy atom. The summed E-state index contributed by atoms with van der Waals surface area (Å²) in [5, 5.41) is 3.36. The van der Waals surface area contributed by atoms with Crippen LogP contribution in [0.2, 0.25) is 0 Å². The Labute approximate surface area is 202 Å². The van der Waals surface area contributed by atoms with E-state index in [2.05, 4.69) is 44.1 Å². The van der Waals surface area contributed by atoms with Gasteiger partial charge in [-0.05, 0) is 12.5 Å².